The Balaban J connectivity index is 1.88. The van der Waals surface area contributed by atoms with Crippen molar-refractivity contribution in [1.29, 1.82) is 0 Å². The van der Waals surface area contributed by atoms with Crippen molar-refractivity contribution in [2.45, 2.75) is 45.1 Å². The van der Waals surface area contributed by atoms with Crippen LogP contribution in [0.3, 0.4) is 0 Å². The van der Waals surface area contributed by atoms with Crippen molar-refractivity contribution in [2.24, 2.45) is 5.92 Å². The maximum absolute atomic E-state index is 12.2. The van der Waals surface area contributed by atoms with E-state index < -0.39 is 5.97 Å². The van der Waals surface area contributed by atoms with Crippen LogP contribution >= 0.6 is 0 Å². The molecule has 5 heteroatoms. The van der Waals surface area contributed by atoms with Crippen LogP contribution in [0.1, 0.15) is 39.0 Å². The number of ether oxygens (including phenoxy) is 1. The molecule has 0 radical (unpaired) electrons. The summed E-state index contributed by atoms with van der Waals surface area (Å²) in [6.45, 7) is 3.60. The number of carboxylic acid groups (broad SMARTS) is 1. The number of rotatable bonds is 3. The van der Waals surface area contributed by atoms with E-state index >= 15 is 0 Å². The monoisotopic (exact) mass is 281 g/mol. The van der Waals surface area contributed by atoms with E-state index in [1.165, 1.54) is 5.57 Å². The Hall–Kier alpha value is -1.36. The first-order valence-corrected chi connectivity index (χ1v) is 7.36. The number of carbonyl (C=O) groups is 2. The van der Waals surface area contributed by atoms with E-state index in [0.29, 0.717) is 19.7 Å². The average molecular weight is 281 g/mol. The lowest BCUT2D eigenvalue weighted by Crippen LogP contribution is -2.45. The van der Waals surface area contributed by atoms with Gasteiger partial charge in [-0.05, 0) is 31.6 Å². The first-order valence-electron chi connectivity index (χ1n) is 7.36. The zero-order valence-electron chi connectivity index (χ0n) is 12.0. The highest BCUT2D eigenvalue weighted by molar-refractivity contribution is 5.88. The van der Waals surface area contributed by atoms with Crippen molar-refractivity contribution in [2.75, 3.05) is 19.7 Å². The fourth-order valence-electron chi connectivity index (χ4n) is 2.78. The van der Waals surface area contributed by atoms with Gasteiger partial charge in [0.25, 0.3) is 0 Å². The molecule has 1 N–H and O–H groups in total. The van der Waals surface area contributed by atoms with Crippen LogP contribution in [0.25, 0.3) is 0 Å². The number of allylic oxidation sites excluding steroid dienone is 1. The largest absolute Gasteiger partial charge is 0.481 e. The number of nitrogens with zero attached hydrogens (tertiary/aromatic N) is 1. The number of carbonyl (C=O) groups excluding carboxylic acids is 1. The third kappa shape index (κ3) is 4.34. The standard InChI is InChI=1S/C15H23NO4/c1-11-2-4-12(5-3-11)8-14(17)16-6-7-20-13(10-16)9-15(18)19/h8,11,13H,2-7,9-10H2,1H3,(H,18,19). The first-order chi connectivity index (χ1) is 9.54. The van der Waals surface area contributed by atoms with Crippen LogP contribution in [0.2, 0.25) is 0 Å². The molecular weight excluding hydrogens is 258 g/mol. The zero-order valence-corrected chi connectivity index (χ0v) is 12.0. The predicted octanol–water partition coefficient (Wildman–Crippen LogP) is 1.82. The molecule has 0 aromatic heterocycles. The lowest BCUT2D eigenvalue weighted by atomic mass is 9.87. The van der Waals surface area contributed by atoms with Crippen LogP contribution < -0.4 is 0 Å². The van der Waals surface area contributed by atoms with Crippen molar-refractivity contribution in [3.63, 3.8) is 0 Å². The lowest BCUT2D eigenvalue weighted by molar-refractivity contribution is -0.145. The average Bonchev–Trinajstić information content (AvgIpc) is 2.41. The Bertz CT molecular complexity index is 395. The predicted molar refractivity (Wildman–Crippen MR) is 74.3 cm³/mol. The normalized spacial score (nSPS) is 27.2. The molecule has 1 saturated carbocycles. The van der Waals surface area contributed by atoms with Gasteiger partial charge in [-0.1, -0.05) is 12.5 Å². The molecule has 2 rings (SSSR count). The number of hydrogen-bond acceptors (Lipinski definition) is 3. The molecule has 0 bridgehead atoms. The summed E-state index contributed by atoms with van der Waals surface area (Å²) in [6, 6.07) is 0. The Labute approximate surface area is 119 Å². The SMILES string of the molecule is CC1CCC(=CC(=O)N2CCOC(CC(=O)O)C2)CC1. The van der Waals surface area contributed by atoms with E-state index in [1.807, 2.05) is 0 Å². The molecule has 1 atom stereocenters. The smallest absolute Gasteiger partial charge is 0.306 e. The van der Waals surface area contributed by atoms with Gasteiger partial charge in [-0.2, -0.15) is 0 Å². The molecule has 0 aromatic rings. The number of aliphatic carboxylic acids is 1. The van der Waals surface area contributed by atoms with Crippen molar-refractivity contribution >= 4 is 11.9 Å². The second-order valence-corrected chi connectivity index (χ2v) is 5.86. The molecule has 20 heavy (non-hydrogen) atoms. The van der Waals surface area contributed by atoms with Gasteiger partial charge in [0.1, 0.15) is 0 Å². The number of amides is 1. The van der Waals surface area contributed by atoms with E-state index in [-0.39, 0.29) is 18.4 Å². The maximum atomic E-state index is 12.2. The molecule has 0 aromatic carbocycles. The van der Waals surface area contributed by atoms with Crippen LogP contribution in [0.15, 0.2) is 11.6 Å². The van der Waals surface area contributed by atoms with Gasteiger partial charge in [-0.25, -0.2) is 0 Å². The summed E-state index contributed by atoms with van der Waals surface area (Å²) >= 11 is 0. The van der Waals surface area contributed by atoms with E-state index in [0.717, 1.165) is 31.6 Å². The van der Waals surface area contributed by atoms with Gasteiger partial charge in [0.15, 0.2) is 0 Å². The van der Waals surface area contributed by atoms with E-state index in [1.54, 1.807) is 11.0 Å². The Morgan fingerprint density at radius 1 is 1.40 bits per heavy atom. The van der Waals surface area contributed by atoms with Gasteiger partial charge < -0.3 is 14.7 Å². The fourth-order valence-corrected chi connectivity index (χ4v) is 2.78. The minimum absolute atomic E-state index is 0.00763. The molecule has 1 aliphatic heterocycles. The first kappa shape index (κ1) is 15.0. The molecule has 1 saturated heterocycles. The third-order valence-electron chi connectivity index (χ3n) is 4.10. The minimum atomic E-state index is -0.885. The molecule has 1 unspecified atom stereocenters. The molecule has 1 aliphatic carbocycles. The van der Waals surface area contributed by atoms with Crippen molar-refractivity contribution in [3.05, 3.63) is 11.6 Å². The van der Waals surface area contributed by atoms with E-state index in [9.17, 15) is 9.59 Å². The maximum Gasteiger partial charge on any atom is 0.306 e. The van der Waals surface area contributed by atoms with Gasteiger partial charge in [-0.15, -0.1) is 0 Å². The number of morpholine rings is 1. The molecule has 0 spiro atoms. The van der Waals surface area contributed by atoms with Crippen LogP contribution in [0.5, 0.6) is 0 Å². The van der Waals surface area contributed by atoms with Crippen LogP contribution in [0.4, 0.5) is 0 Å². The summed E-state index contributed by atoms with van der Waals surface area (Å²) in [7, 11) is 0. The van der Waals surface area contributed by atoms with Crippen LogP contribution in [0, 0.1) is 5.92 Å². The summed E-state index contributed by atoms with van der Waals surface area (Å²) in [4.78, 5) is 24.6. The molecule has 1 heterocycles. The van der Waals surface area contributed by atoms with Gasteiger partial charge in [-0.3, -0.25) is 9.59 Å². The fraction of sp³-hybridized carbons (Fsp3) is 0.733. The molecular formula is C15H23NO4. The quantitative estimate of drug-likeness (QED) is 0.801. The molecule has 2 fully saturated rings. The Morgan fingerprint density at radius 2 is 2.10 bits per heavy atom. The van der Waals surface area contributed by atoms with Gasteiger partial charge in [0.05, 0.1) is 19.1 Å². The second kappa shape index (κ2) is 6.88. The van der Waals surface area contributed by atoms with Crippen LogP contribution in [-0.4, -0.2) is 47.7 Å². The van der Waals surface area contributed by atoms with E-state index in [4.69, 9.17) is 9.84 Å². The summed E-state index contributed by atoms with van der Waals surface area (Å²) < 4.78 is 5.38. The van der Waals surface area contributed by atoms with Gasteiger partial charge >= 0.3 is 5.97 Å². The van der Waals surface area contributed by atoms with Crippen LogP contribution in [-0.2, 0) is 14.3 Å². The summed E-state index contributed by atoms with van der Waals surface area (Å²) in [5.74, 6) is -0.122. The zero-order chi connectivity index (χ0) is 14.5. The van der Waals surface area contributed by atoms with Gasteiger partial charge in [0, 0.05) is 19.2 Å². The number of hydrogen-bond donors (Lipinski definition) is 1. The molecule has 5 nitrogen and oxygen atoms in total. The highest BCUT2D eigenvalue weighted by atomic mass is 16.5. The summed E-state index contributed by atoms with van der Waals surface area (Å²) in [5.41, 5.74) is 1.23. The molecule has 1 amide bonds. The lowest BCUT2D eigenvalue weighted by Gasteiger charge is -2.32. The summed E-state index contributed by atoms with van der Waals surface area (Å²) in [5, 5.41) is 8.78. The van der Waals surface area contributed by atoms with Crippen molar-refractivity contribution < 1.29 is 19.4 Å². The third-order valence-corrected chi connectivity index (χ3v) is 4.10. The Morgan fingerprint density at radius 3 is 2.75 bits per heavy atom. The van der Waals surface area contributed by atoms with Crippen molar-refractivity contribution in [1.82, 2.24) is 4.90 Å². The molecule has 112 valence electrons. The summed E-state index contributed by atoms with van der Waals surface area (Å²) in [6.07, 6.45) is 5.67. The highest BCUT2D eigenvalue weighted by Gasteiger charge is 2.25. The number of carboxylic acids is 1. The second-order valence-electron chi connectivity index (χ2n) is 5.86. The topological polar surface area (TPSA) is 66.8 Å². The minimum Gasteiger partial charge on any atom is -0.481 e. The van der Waals surface area contributed by atoms with E-state index in [2.05, 4.69) is 6.92 Å². The van der Waals surface area contributed by atoms with Gasteiger partial charge in [0.2, 0.25) is 5.91 Å². The highest BCUT2D eigenvalue weighted by Crippen LogP contribution is 2.27. The molecule has 2 aliphatic rings. The van der Waals surface area contributed by atoms with Crippen molar-refractivity contribution in [3.8, 4) is 0 Å². The Kier molecular flexibility index (Phi) is 5.17.